The van der Waals surface area contributed by atoms with Gasteiger partial charge in [-0.2, -0.15) is 0 Å². The summed E-state index contributed by atoms with van der Waals surface area (Å²) in [4.78, 5) is 17.4. The second kappa shape index (κ2) is 10.6. The standard InChI is InChI=1S/C31H28FN3O/c1-22-9-11-23(12-10-22)20-35-21-29(27-7-2-3-8-30(27)35)28(24-13-15-25(32)16-14-24)18-31(36)34-19-26-6-4-5-17-33-26/h2-17,21,28H,18-20H2,1H3,(H,34,36)/t28-/m1/s1. The van der Waals surface area contributed by atoms with Crippen molar-refractivity contribution >= 4 is 16.8 Å². The summed E-state index contributed by atoms with van der Waals surface area (Å²) < 4.78 is 16.0. The number of fused-ring (bicyclic) bond motifs is 1. The van der Waals surface area contributed by atoms with Crippen molar-refractivity contribution in [3.05, 3.63) is 137 Å². The summed E-state index contributed by atoms with van der Waals surface area (Å²) in [5.74, 6) is -0.595. The van der Waals surface area contributed by atoms with E-state index in [1.165, 1.54) is 23.3 Å². The fraction of sp³-hybridized carbons (Fsp3) is 0.161. The van der Waals surface area contributed by atoms with Crippen molar-refractivity contribution in [3.8, 4) is 0 Å². The zero-order valence-corrected chi connectivity index (χ0v) is 20.2. The van der Waals surface area contributed by atoms with Gasteiger partial charge in [0.05, 0.1) is 12.2 Å². The van der Waals surface area contributed by atoms with E-state index < -0.39 is 0 Å². The van der Waals surface area contributed by atoms with Gasteiger partial charge >= 0.3 is 0 Å². The van der Waals surface area contributed by atoms with Crippen molar-refractivity contribution in [1.82, 2.24) is 14.9 Å². The minimum atomic E-state index is -0.293. The molecule has 2 heterocycles. The third-order valence-corrected chi connectivity index (χ3v) is 6.52. The number of para-hydroxylation sites is 1. The number of hydrogen-bond acceptors (Lipinski definition) is 2. The molecule has 5 rings (SSSR count). The van der Waals surface area contributed by atoms with E-state index in [4.69, 9.17) is 0 Å². The number of nitrogens with one attached hydrogen (secondary N) is 1. The van der Waals surface area contributed by atoms with Crippen molar-refractivity contribution in [2.75, 3.05) is 0 Å². The van der Waals surface area contributed by atoms with Gasteiger partial charge in [0.25, 0.3) is 0 Å². The number of aromatic nitrogens is 2. The molecular weight excluding hydrogens is 449 g/mol. The van der Waals surface area contributed by atoms with E-state index in [0.29, 0.717) is 6.54 Å². The topological polar surface area (TPSA) is 46.9 Å². The molecule has 1 atom stereocenters. The SMILES string of the molecule is Cc1ccc(Cn2cc([C@H](CC(=O)NCc3ccccn3)c3ccc(F)cc3)c3ccccc32)cc1. The van der Waals surface area contributed by atoms with Gasteiger partial charge in [0.15, 0.2) is 0 Å². The minimum absolute atomic E-state index is 0.0784. The molecule has 180 valence electrons. The molecule has 0 bridgehead atoms. The Bertz CT molecular complexity index is 1460. The fourth-order valence-electron chi connectivity index (χ4n) is 4.63. The molecule has 1 N–H and O–H groups in total. The van der Waals surface area contributed by atoms with Gasteiger partial charge in [-0.1, -0.05) is 66.2 Å². The van der Waals surface area contributed by atoms with E-state index in [1.54, 1.807) is 18.3 Å². The Labute approximate surface area is 210 Å². The summed E-state index contributed by atoms with van der Waals surface area (Å²) in [6, 6.07) is 28.9. The van der Waals surface area contributed by atoms with Crippen LogP contribution in [-0.4, -0.2) is 15.5 Å². The molecule has 1 amide bonds. The summed E-state index contributed by atoms with van der Waals surface area (Å²) in [5.41, 5.74) is 6.30. The molecule has 5 aromatic rings. The highest BCUT2D eigenvalue weighted by atomic mass is 19.1. The Hall–Kier alpha value is -4.25. The van der Waals surface area contributed by atoms with Crippen LogP contribution < -0.4 is 5.32 Å². The number of carbonyl (C=O) groups excluding carboxylic acids is 1. The Morgan fingerprint density at radius 2 is 1.69 bits per heavy atom. The first-order valence-electron chi connectivity index (χ1n) is 12.1. The van der Waals surface area contributed by atoms with Gasteiger partial charge in [0, 0.05) is 42.2 Å². The molecule has 0 saturated carbocycles. The summed E-state index contributed by atoms with van der Waals surface area (Å²) in [6.45, 7) is 3.17. The van der Waals surface area contributed by atoms with Gasteiger partial charge < -0.3 is 9.88 Å². The van der Waals surface area contributed by atoms with Crippen LogP contribution in [0.1, 0.15) is 40.3 Å². The fourth-order valence-corrected chi connectivity index (χ4v) is 4.63. The molecule has 0 fully saturated rings. The highest BCUT2D eigenvalue weighted by Crippen LogP contribution is 2.35. The van der Waals surface area contributed by atoms with Crippen molar-refractivity contribution in [2.24, 2.45) is 0 Å². The lowest BCUT2D eigenvalue weighted by Crippen LogP contribution is -2.25. The maximum absolute atomic E-state index is 13.8. The van der Waals surface area contributed by atoms with Crippen molar-refractivity contribution in [2.45, 2.75) is 32.4 Å². The van der Waals surface area contributed by atoms with Crippen LogP contribution in [0.4, 0.5) is 4.39 Å². The molecule has 5 heteroatoms. The van der Waals surface area contributed by atoms with Crippen molar-refractivity contribution < 1.29 is 9.18 Å². The maximum atomic E-state index is 13.8. The second-order valence-electron chi connectivity index (χ2n) is 9.12. The third-order valence-electron chi connectivity index (χ3n) is 6.52. The van der Waals surface area contributed by atoms with Crippen molar-refractivity contribution in [3.63, 3.8) is 0 Å². The van der Waals surface area contributed by atoms with E-state index in [0.717, 1.165) is 34.3 Å². The number of nitrogens with zero attached hydrogens (tertiary/aromatic N) is 2. The first kappa shape index (κ1) is 23.5. The first-order chi connectivity index (χ1) is 17.6. The third kappa shape index (κ3) is 5.36. The molecule has 0 unspecified atom stereocenters. The van der Waals surface area contributed by atoms with E-state index in [9.17, 15) is 9.18 Å². The van der Waals surface area contributed by atoms with Crippen LogP contribution in [0.15, 0.2) is 103 Å². The lowest BCUT2D eigenvalue weighted by Gasteiger charge is -2.17. The lowest BCUT2D eigenvalue weighted by atomic mass is 9.88. The van der Waals surface area contributed by atoms with Crippen LogP contribution in [-0.2, 0) is 17.9 Å². The van der Waals surface area contributed by atoms with Crippen LogP contribution in [0, 0.1) is 12.7 Å². The number of benzene rings is 3. The zero-order valence-electron chi connectivity index (χ0n) is 20.2. The quantitative estimate of drug-likeness (QED) is 0.282. The largest absolute Gasteiger partial charge is 0.350 e. The van der Waals surface area contributed by atoms with Gasteiger partial charge in [-0.15, -0.1) is 0 Å². The molecule has 36 heavy (non-hydrogen) atoms. The molecule has 0 radical (unpaired) electrons. The van der Waals surface area contributed by atoms with Crippen molar-refractivity contribution in [1.29, 1.82) is 0 Å². The lowest BCUT2D eigenvalue weighted by molar-refractivity contribution is -0.121. The average Bonchev–Trinajstić information content (AvgIpc) is 3.27. The molecule has 0 aliphatic rings. The monoisotopic (exact) mass is 477 g/mol. The summed E-state index contributed by atoms with van der Waals surface area (Å²) in [6.07, 6.45) is 4.10. The number of aryl methyl sites for hydroxylation is 1. The van der Waals surface area contributed by atoms with Crippen LogP contribution in [0.25, 0.3) is 10.9 Å². The molecule has 0 spiro atoms. The second-order valence-corrected chi connectivity index (χ2v) is 9.12. The number of hydrogen-bond donors (Lipinski definition) is 1. The van der Waals surface area contributed by atoms with E-state index in [1.807, 2.05) is 30.3 Å². The minimum Gasteiger partial charge on any atom is -0.350 e. The van der Waals surface area contributed by atoms with E-state index in [2.05, 4.69) is 64.4 Å². The normalized spacial score (nSPS) is 11.9. The summed E-state index contributed by atoms with van der Waals surface area (Å²) >= 11 is 0. The van der Waals surface area contributed by atoms with Crippen LogP contribution >= 0.6 is 0 Å². The highest BCUT2D eigenvalue weighted by Gasteiger charge is 2.23. The molecule has 3 aromatic carbocycles. The predicted octanol–water partition coefficient (Wildman–Crippen LogP) is 6.37. The van der Waals surface area contributed by atoms with Gasteiger partial charge in [-0.3, -0.25) is 9.78 Å². The number of pyridine rings is 1. The maximum Gasteiger partial charge on any atom is 0.221 e. The Morgan fingerprint density at radius 1 is 0.944 bits per heavy atom. The van der Waals surface area contributed by atoms with Gasteiger partial charge in [0.2, 0.25) is 5.91 Å². The molecule has 4 nitrogen and oxygen atoms in total. The summed E-state index contributed by atoms with van der Waals surface area (Å²) in [7, 11) is 0. The molecule has 2 aromatic heterocycles. The van der Waals surface area contributed by atoms with Gasteiger partial charge in [-0.05, 0) is 53.9 Å². The van der Waals surface area contributed by atoms with Gasteiger partial charge in [-0.25, -0.2) is 4.39 Å². The number of halogens is 1. The smallest absolute Gasteiger partial charge is 0.221 e. The predicted molar refractivity (Wildman–Crippen MR) is 141 cm³/mol. The van der Waals surface area contributed by atoms with Gasteiger partial charge in [0.1, 0.15) is 5.82 Å². The van der Waals surface area contributed by atoms with Crippen LogP contribution in [0.5, 0.6) is 0 Å². The number of amides is 1. The average molecular weight is 478 g/mol. The number of rotatable bonds is 8. The zero-order chi connectivity index (χ0) is 24.9. The Balaban J connectivity index is 1.49. The molecular formula is C31H28FN3O. The van der Waals surface area contributed by atoms with Crippen LogP contribution in [0.2, 0.25) is 0 Å². The summed E-state index contributed by atoms with van der Waals surface area (Å²) in [5, 5.41) is 4.09. The Kier molecular flexibility index (Phi) is 6.89. The van der Waals surface area contributed by atoms with Crippen LogP contribution in [0.3, 0.4) is 0 Å². The highest BCUT2D eigenvalue weighted by molar-refractivity contribution is 5.86. The first-order valence-corrected chi connectivity index (χ1v) is 12.1. The van der Waals surface area contributed by atoms with E-state index >= 15 is 0 Å². The van der Waals surface area contributed by atoms with E-state index in [-0.39, 0.29) is 24.1 Å². The molecule has 0 aliphatic carbocycles. The molecule has 0 aliphatic heterocycles. The number of carbonyl (C=O) groups is 1. The Morgan fingerprint density at radius 3 is 2.44 bits per heavy atom. The molecule has 0 saturated heterocycles.